The van der Waals surface area contributed by atoms with Gasteiger partial charge in [-0.1, -0.05) is 164 Å². The van der Waals surface area contributed by atoms with Gasteiger partial charge >= 0.3 is 0 Å². The predicted molar refractivity (Wildman–Crippen MR) is 272 cm³/mol. The summed E-state index contributed by atoms with van der Waals surface area (Å²) in [5, 5.41) is 16.5. The summed E-state index contributed by atoms with van der Waals surface area (Å²) in [5.41, 5.74) is 13.7. The molecule has 0 aliphatic carbocycles. The first-order valence-corrected chi connectivity index (χ1v) is 21.4. The van der Waals surface area contributed by atoms with Crippen molar-refractivity contribution in [2.45, 2.75) is 6.92 Å². The van der Waals surface area contributed by atoms with Crippen LogP contribution in [0.4, 0.5) is 0 Å². The van der Waals surface area contributed by atoms with E-state index in [2.05, 4.69) is 257 Å². The molecule has 63 heavy (non-hydrogen) atoms. The van der Waals surface area contributed by atoms with Gasteiger partial charge in [0.1, 0.15) is 5.82 Å². The van der Waals surface area contributed by atoms with Crippen LogP contribution in [0, 0.1) is 0 Å². The van der Waals surface area contributed by atoms with Crippen LogP contribution in [0.5, 0.6) is 0 Å². The number of hydrazone groups is 1. The minimum Gasteiger partial charge on any atom is -0.355 e. The van der Waals surface area contributed by atoms with E-state index in [4.69, 9.17) is 0 Å². The SMILES string of the molecule is C=NN/C(=C\C=C/c1c(/C=C/C)c2ccccc2c2cc(-n3c4ccccc4c4ccccc43)ccc12)n1c2ccccc2c2ccccc21.c1ccc2c(c1)[nH]c1ccccc12. The lowest BCUT2D eigenvalue weighted by Crippen LogP contribution is -2.10. The number of hydrogen-bond acceptors (Lipinski definition) is 2. The molecule has 0 unspecified atom stereocenters. The Labute approximate surface area is 364 Å². The molecule has 0 saturated carbocycles. The van der Waals surface area contributed by atoms with E-state index >= 15 is 0 Å². The van der Waals surface area contributed by atoms with E-state index in [9.17, 15) is 0 Å². The Balaban J connectivity index is 0.000000290. The molecule has 0 bridgehead atoms. The summed E-state index contributed by atoms with van der Waals surface area (Å²) >= 11 is 0. The fraction of sp³-hybridized carbons (Fsp3) is 0.0172. The molecule has 12 aromatic rings. The molecule has 3 aromatic heterocycles. The average molecular weight is 810 g/mol. The topological polar surface area (TPSA) is 50.0 Å². The highest BCUT2D eigenvalue weighted by atomic mass is 15.3. The van der Waals surface area contributed by atoms with Crippen LogP contribution in [-0.2, 0) is 0 Å². The van der Waals surface area contributed by atoms with E-state index in [1.54, 1.807) is 0 Å². The van der Waals surface area contributed by atoms with Crippen LogP contribution in [0.2, 0.25) is 0 Å². The number of nitrogens with zero attached hydrogens (tertiary/aromatic N) is 3. The number of fused-ring (bicyclic) bond motifs is 12. The lowest BCUT2D eigenvalue weighted by Gasteiger charge is -2.16. The fourth-order valence-electron chi connectivity index (χ4n) is 9.56. The number of para-hydroxylation sites is 6. The van der Waals surface area contributed by atoms with Crippen LogP contribution >= 0.6 is 0 Å². The normalized spacial score (nSPS) is 12.2. The number of aromatic amines is 1. The second kappa shape index (κ2) is 15.9. The van der Waals surface area contributed by atoms with Crippen LogP contribution < -0.4 is 5.43 Å². The van der Waals surface area contributed by atoms with Crippen molar-refractivity contribution < 1.29 is 0 Å². The Kier molecular flexibility index (Phi) is 9.48. The van der Waals surface area contributed by atoms with Gasteiger partial charge in [0.25, 0.3) is 0 Å². The molecule has 0 fully saturated rings. The number of aromatic nitrogens is 3. The Bertz CT molecular complexity index is 3660. The van der Waals surface area contributed by atoms with Gasteiger partial charge in [-0.15, -0.1) is 0 Å². The molecule has 0 atom stereocenters. The standard InChI is InChI=1S/C46H34N4.C12H9N/c1-3-15-32-33-16-4-5-17-35(33)41-30-31(49-42-23-10-6-18-37(42)38-19-7-11-24-43(38)49)28-29-36(41)34(32)22-14-27-46(48-47-2)50-44-25-12-8-20-39(44)40-21-9-13-26-45(40)50;1-3-7-11-9(5-1)10-6-2-4-8-12(10)13-11/h3-30,48H,2H2,1H3;1-8,13H/b15-3+,22-14-,46-27+;. The number of hydrogen-bond donors (Lipinski definition) is 2. The Morgan fingerprint density at radius 3 is 1.48 bits per heavy atom. The summed E-state index contributed by atoms with van der Waals surface area (Å²) in [6.07, 6.45) is 10.8. The van der Waals surface area contributed by atoms with Crippen LogP contribution in [0.15, 0.2) is 211 Å². The number of H-pyrrole nitrogens is 1. The van der Waals surface area contributed by atoms with Gasteiger partial charge in [-0.25, -0.2) is 0 Å². The number of nitrogens with one attached hydrogen (secondary N) is 2. The quantitative estimate of drug-likeness (QED) is 0.0716. The van der Waals surface area contributed by atoms with Gasteiger partial charge in [0.05, 0.1) is 22.1 Å². The number of benzene rings is 9. The van der Waals surface area contributed by atoms with E-state index < -0.39 is 0 Å². The third-order valence-corrected chi connectivity index (χ3v) is 12.2. The highest BCUT2D eigenvalue weighted by Crippen LogP contribution is 2.39. The smallest absolute Gasteiger partial charge is 0.131 e. The zero-order chi connectivity index (χ0) is 42.3. The van der Waals surface area contributed by atoms with Gasteiger partial charge in [0.2, 0.25) is 0 Å². The lowest BCUT2D eigenvalue weighted by molar-refractivity contribution is 0.929. The largest absolute Gasteiger partial charge is 0.355 e. The number of allylic oxidation sites excluding steroid dienone is 3. The van der Waals surface area contributed by atoms with E-state index in [1.807, 2.05) is 0 Å². The van der Waals surface area contributed by atoms with E-state index in [0.717, 1.165) is 28.1 Å². The second-order valence-corrected chi connectivity index (χ2v) is 15.7. The fourth-order valence-corrected chi connectivity index (χ4v) is 9.56. The maximum atomic E-state index is 4.11. The molecule has 5 nitrogen and oxygen atoms in total. The molecule has 2 N–H and O–H groups in total. The summed E-state index contributed by atoms with van der Waals surface area (Å²) < 4.78 is 4.61. The first-order chi connectivity index (χ1) is 31.2. The van der Waals surface area contributed by atoms with Crippen LogP contribution in [0.25, 0.3) is 111 Å². The average Bonchev–Trinajstić information content (AvgIpc) is 4.00. The molecule has 3 heterocycles. The van der Waals surface area contributed by atoms with E-state index in [1.165, 1.54) is 81.5 Å². The molecule has 0 amide bonds. The monoisotopic (exact) mass is 809 g/mol. The van der Waals surface area contributed by atoms with Crippen molar-refractivity contribution in [2.24, 2.45) is 5.10 Å². The lowest BCUT2D eigenvalue weighted by atomic mass is 9.90. The highest BCUT2D eigenvalue weighted by Gasteiger charge is 2.16. The molecule has 0 aliphatic heterocycles. The molecule has 0 spiro atoms. The van der Waals surface area contributed by atoms with Crippen molar-refractivity contribution in [1.82, 2.24) is 19.5 Å². The first kappa shape index (κ1) is 37.6. The van der Waals surface area contributed by atoms with Crippen LogP contribution in [0.1, 0.15) is 18.1 Å². The minimum absolute atomic E-state index is 0.819. The van der Waals surface area contributed by atoms with Crippen molar-refractivity contribution in [3.05, 3.63) is 217 Å². The Morgan fingerprint density at radius 1 is 0.476 bits per heavy atom. The Hall–Kier alpha value is -8.41. The van der Waals surface area contributed by atoms with Gasteiger partial charge in [0.15, 0.2) is 0 Å². The van der Waals surface area contributed by atoms with E-state index in [-0.39, 0.29) is 0 Å². The van der Waals surface area contributed by atoms with Crippen LogP contribution in [0.3, 0.4) is 0 Å². The van der Waals surface area contributed by atoms with Gasteiger partial charge < -0.3 is 9.55 Å². The summed E-state index contributed by atoms with van der Waals surface area (Å²) in [5.74, 6) is 0.819. The van der Waals surface area contributed by atoms with Crippen LogP contribution in [-0.4, -0.2) is 20.8 Å². The number of rotatable bonds is 7. The van der Waals surface area contributed by atoms with Gasteiger partial charge in [-0.2, -0.15) is 5.10 Å². The van der Waals surface area contributed by atoms with Gasteiger partial charge in [-0.3, -0.25) is 9.99 Å². The summed E-state index contributed by atoms with van der Waals surface area (Å²) in [6, 6.07) is 66.7. The summed E-state index contributed by atoms with van der Waals surface area (Å²) in [4.78, 5) is 3.38. The predicted octanol–water partition coefficient (Wildman–Crippen LogP) is 15.3. The zero-order valence-electron chi connectivity index (χ0n) is 34.8. The third-order valence-electron chi connectivity index (χ3n) is 12.2. The van der Waals surface area contributed by atoms with Crippen molar-refractivity contribution in [3.8, 4) is 5.69 Å². The van der Waals surface area contributed by atoms with E-state index in [0.29, 0.717) is 0 Å². The maximum Gasteiger partial charge on any atom is 0.131 e. The summed E-state index contributed by atoms with van der Waals surface area (Å²) in [7, 11) is 0. The molecule has 0 aliphatic rings. The zero-order valence-corrected chi connectivity index (χ0v) is 34.8. The molecule has 12 rings (SSSR count). The molecule has 5 heteroatoms. The maximum absolute atomic E-state index is 4.11. The first-order valence-electron chi connectivity index (χ1n) is 21.4. The van der Waals surface area contributed by atoms with Crippen molar-refractivity contribution in [1.29, 1.82) is 0 Å². The molecule has 0 radical (unpaired) electrons. The molecular weight excluding hydrogens is 767 g/mol. The molecule has 9 aromatic carbocycles. The highest BCUT2D eigenvalue weighted by molar-refractivity contribution is 6.16. The van der Waals surface area contributed by atoms with Crippen molar-refractivity contribution in [3.63, 3.8) is 0 Å². The van der Waals surface area contributed by atoms with Gasteiger partial charge in [0, 0.05) is 55.8 Å². The molecular formula is C58H43N5. The Morgan fingerprint density at radius 2 is 0.921 bits per heavy atom. The second-order valence-electron chi connectivity index (χ2n) is 15.7. The minimum atomic E-state index is 0.819. The van der Waals surface area contributed by atoms with Gasteiger partial charge in [-0.05, 0) is 94.2 Å². The van der Waals surface area contributed by atoms with Crippen molar-refractivity contribution >= 4 is 112 Å². The molecule has 300 valence electrons. The van der Waals surface area contributed by atoms with Crippen molar-refractivity contribution in [2.75, 3.05) is 0 Å². The third kappa shape index (κ3) is 6.37. The molecule has 0 saturated heterocycles. The summed E-state index contributed by atoms with van der Waals surface area (Å²) in [6.45, 7) is 5.85.